The van der Waals surface area contributed by atoms with Gasteiger partial charge in [0.2, 0.25) is 0 Å². The smallest absolute Gasteiger partial charge is 0.276 e. The van der Waals surface area contributed by atoms with Gasteiger partial charge in [-0.15, -0.1) is 0 Å². The molecule has 0 aliphatic heterocycles. The average Bonchev–Trinajstić information content (AvgIpc) is 3.08. The number of ether oxygens (including phenoxy) is 1. The summed E-state index contributed by atoms with van der Waals surface area (Å²) < 4.78 is 5.77. The standard InChI is InChI=1S/C13H16BrNO3/c1-9-5-10(2)12(6-11(9)15(16)17)18-8-13(7-14)3-4-13/h5-6H,3-4,7-8H2,1-2H3. The molecule has 18 heavy (non-hydrogen) atoms. The molecule has 0 unspecified atom stereocenters. The third-order valence-corrected chi connectivity index (χ3v) is 4.65. The number of alkyl halides is 1. The van der Waals surface area contributed by atoms with Crippen LogP contribution in [0.1, 0.15) is 24.0 Å². The van der Waals surface area contributed by atoms with E-state index in [0.29, 0.717) is 17.9 Å². The minimum atomic E-state index is -0.362. The number of hydrogen-bond donors (Lipinski definition) is 0. The number of hydrogen-bond acceptors (Lipinski definition) is 3. The summed E-state index contributed by atoms with van der Waals surface area (Å²) in [4.78, 5) is 10.5. The van der Waals surface area contributed by atoms with Crippen molar-refractivity contribution in [1.82, 2.24) is 0 Å². The normalized spacial score (nSPS) is 16.4. The zero-order valence-corrected chi connectivity index (χ0v) is 12.1. The summed E-state index contributed by atoms with van der Waals surface area (Å²) in [5.74, 6) is 0.625. The van der Waals surface area contributed by atoms with Gasteiger partial charge in [-0.05, 0) is 38.3 Å². The summed E-state index contributed by atoms with van der Waals surface area (Å²) in [6, 6.07) is 3.34. The number of nitro groups is 1. The van der Waals surface area contributed by atoms with Gasteiger partial charge in [-0.2, -0.15) is 0 Å². The van der Waals surface area contributed by atoms with E-state index in [9.17, 15) is 10.1 Å². The number of nitrogens with zero attached hydrogens (tertiary/aromatic N) is 1. The Balaban J connectivity index is 2.17. The van der Waals surface area contributed by atoms with E-state index in [1.165, 1.54) is 6.07 Å². The van der Waals surface area contributed by atoms with Gasteiger partial charge < -0.3 is 4.74 Å². The SMILES string of the molecule is Cc1cc(C)c([N+](=O)[O-])cc1OCC1(CBr)CC1. The maximum Gasteiger partial charge on any atom is 0.276 e. The van der Waals surface area contributed by atoms with Crippen LogP contribution in [0.25, 0.3) is 0 Å². The van der Waals surface area contributed by atoms with Gasteiger partial charge in [0.1, 0.15) is 5.75 Å². The summed E-state index contributed by atoms with van der Waals surface area (Å²) in [7, 11) is 0. The average molecular weight is 314 g/mol. The Morgan fingerprint density at radius 1 is 1.39 bits per heavy atom. The molecule has 0 radical (unpaired) electrons. The molecule has 0 N–H and O–H groups in total. The van der Waals surface area contributed by atoms with Crippen LogP contribution in [0.4, 0.5) is 5.69 Å². The van der Waals surface area contributed by atoms with Crippen molar-refractivity contribution in [1.29, 1.82) is 0 Å². The lowest BCUT2D eigenvalue weighted by Gasteiger charge is -2.15. The van der Waals surface area contributed by atoms with E-state index >= 15 is 0 Å². The molecule has 98 valence electrons. The van der Waals surface area contributed by atoms with Gasteiger partial charge in [-0.3, -0.25) is 10.1 Å². The minimum Gasteiger partial charge on any atom is -0.492 e. The fourth-order valence-corrected chi connectivity index (χ4v) is 2.62. The second-order valence-corrected chi connectivity index (χ2v) is 5.64. The minimum absolute atomic E-state index is 0.124. The van der Waals surface area contributed by atoms with Gasteiger partial charge in [-0.1, -0.05) is 15.9 Å². The highest BCUT2D eigenvalue weighted by molar-refractivity contribution is 9.09. The molecular formula is C13H16BrNO3. The lowest BCUT2D eigenvalue weighted by Crippen LogP contribution is -2.14. The highest BCUT2D eigenvalue weighted by Gasteiger charge is 2.42. The Morgan fingerprint density at radius 2 is 2.06 bits per heavy atom. The van der Waals surface area contributed by atoms with Crippen LogP contribution in [-0.4, -0.2) is 16.9 Å². The second kappa shape index (κ2) is 4.88. The first-order chi connectivity index (χ1) is 8.47. The van der Waals surface area contributed by atoms with Gasteiger partial charge in [0.05, 0.1) is 17.6 Å². The van der Waals surface area contributed by atoms with Gasteiger partial charge in [0.25, 0.3) is 5.69 Å². The maximum absolute atomic E-state index is 10.9. The van der Waals surface area contributed by atoms with Gasteiger partial charge in [0, 0.05) is 16.3 Å². The predicted molar refractivity (Wildman–Crippen MR) is 73.5 cm³/mol. The van der Waals surface area contributed by atoms with E-state index in [-0.39, 0.29) is 16.0 Å². The molecule has 2 rings (SSSR count). The van der Waals surface area contributed by atoms with Gasteiger partial charge in [-0.25, -0.2) is 0 Å². The van der Waals surface area contributed by atoms with Crippen molar-refractivity contribution >= 4 is 21.6 Å². The summed E-state index contributed by atoms with van der Waals surface area (Å²) in [5, 5.41) is 11.8. The van der Waals surface area contributed by atoms with Crippen LogP contribution in [0.5, 0.6) is 5.75 Å². The molecule has 1 fully saturated rings. The van der Waals surface area contributed by atoms with Gasteiger partial charge in [0.15, 0.2) is 0 Å². The monoisotopic (exact) mass is 313 g/mol. The first kappa shape index (κ1) is 13.3. The van der Waals surface area contributed by atoms with E-state index in [0.717, 1.165) is 23.7 Å². The molecule has 1 saturated carbocycles. The molecule has 4 nitrogen and oxygen atoms in total. The molecule has 0 saturated heterocycles. The largest absolute Gasteiger partial charge is 0.492 e. The fraction of sp³-hybridized carbons (Fsp3) is 0.538. The molecule has 1 aliphatic rings. The summed E-state index contributed by atoms with van der Waals surface area (Å²) in [6.07, 6.45) is 2.32. The van der Waals surface area contributed by atoms with Crippen molar-refractivity contribution in [3.63, 3.8) is 0 Å². The van der Waals surface area contributed by atoms with Crippen LogP contribution in [0.2, 0.25) is 0 Å². The van der Waals surface area contributed by atoms with Crippen molar-refractivity contribution in [2.45, 2.75) is 26.7 Å². The number of halogens is 1. The Hall–Kier alpha value is -1.10. The molecule has 1 aromatic rings. The Morgan fingerprint density at radius 3 is 2.56 bits per heavy atom. The number of rotatable bonds is 5. The molecule has 5 heteroatoms. The molecule has 0 amide bonds. The zero-order valence-electron chi connectivity index (χ0n) is 10.5. The maximum atomic E-state index is 10.9. The Bertz CT molecular complexity index is 483. The van der Waals surface area contributed by atoms with E-state index in [1.807, 2.05) is 6.92 Å². The van der Waals surface area contributed by atoms with Crippen LogP contribution >= 0.6 is 15.9 Å². The fourth-order valence-electron chi connectivity index (χ4n) is 1.90. The van der Waals surface area contributed by atoms with Crippen LogP contribution in [0, 0.1) is 29.4 Å². The third kappa shape index (κ3) is 2.66. The quantitative estimate of drug-likeness (QED) is 0.472. The molecule has 1 aliphatic carbocycles. The third-order valence-electron chi connectivity index (χ3n) is 3.46. The van der Waals surface area contributed by atoms with E-state index in [2.05, 4.69) is 15.9 Å². The van der Waals surface area contributed by atoms with Crippen molar-refractivity contribution in [3.05, 3.63) is 33.4 Å². The molecule has 1 aromatic carbocycles. The molecular weight excluding hydrogens is 298 g/mol. The van der Waals surface area contributed by atoms with E-state index in [1.54, 1.807) is 13.0 Å². The lowest BCUT2D eigenvalue weighted by molar-refractivity contribution is -0.385. The Kier molecular flexibility index (Phi) is 3.61. The van der Waals surface area contributed by atoms with Crippen molar-refractivity contribution in [2.75, 3.05) is 11.9 Å². The zero-order chi connectivity index (χ0) is 13.3. The van der Waals surface area contributed by atoms with Crippen molar-refractivity contribution in [3.8, 4) is 5.75 Å². The first-order valence-electron chi connectivity index (χ1n) is 5.92. The second-order valence-electron chi connectivity index (χ2n) is 5.08. The molecule has 0 aromatic heterocycles. The highest BCUT2D eigenvalue weighted by Crippen LogP contribution is 2.47. The van der Waals surface area contributed by atoms with Crippen LogP contribution < -0.4 is 4.74 Å². The number of nitro benzene ring substituents is 1. The predicted octanol–water partition coefficient (Wildman–Crippen LogP) is 3.77. The summed E-state index contributed by atoms with van der Waals surface area (Å²) in [6.45, 7) is 4.29. The number of benzene rings is 1. The van der Waals surface area contributed by atoms with Crippen molar-refractivity contribution in [2.24, 2.45) is 5.41 Å². The molecule has 0 heterocycles. The first-order valence-corrected chi connectivity index (χ1v) is 7.04. The van der Waals surface area contributed by atoms with E-state index < -0.39 is 0 Å². The lowest BCUT2D eigenvalue weighted by atomic mass is 10.1. The van der Waals surface area contributed by atoms with Crippen molar-refractivity contribution < 1.29 is 9.66 Å². The highest BCUT2D eigenvalue weighted by atomic mass is 79.9. The number of aryl methyl sites for hydroxylation is 2. The molecule has 0 bridgehead atoms. The summed E-state index contributed by atoms with van der Waals surface area (Å²) in [5.41, 5.74) is 1.99. The molecule has 0 spiro atoms. The van der Waals surface area contributed by atoms with Crippen LogP contribution in [0.3, 0.4) is 0 Å². The van der Waals surface area contributed by atoms with Crippen LogP contribution in [0.15, 0.2) is 12.1 Å². The Labute approximate surface area is 115 Å². The topological polar surface area (TPSA) is 52.4 Å². The van der Waals surface area contributed by atoms with E-state index in [4.69, 9.17) is 4.74 Å². The van der Waals surface area contributed by atoms with Gasteiger partial charge >= 0.3 is 0 Å². The summed E-state index contributed by atoms with van der Waals surface area (Å²) >= 11 is 3.49. The van der Waals surface area contributed by atoms with Crippen LogP contribution in [-0.2, 0) is 0 Å². The molecule has 0 atom stereocenters.